The quantitative estimate of drug-likeness (QED) is 0.726. The number of hydrogen-bond acceptors (Lipinski definition) is 4. The number of amides is 1. The van der Waals surface area contributed by atoms with Crippen LogP contribution in [0.5, 0.6) is 0 Å². The Hall–Kier alpha value is -2.82. The van der Waals surface area contributed by atoms with Crippen molar-refractivity contribution in [2.24, 2.45) is 0 Å². The molecule has 3 rings (SSSR count). The Morgan fingerprint density at radius 1 is 1.20 bits per heavy atom. The first kappa shape index (κ1) is 12.2. The Bertz CT molecular complexity index is 831. The van der Waals surface area contributed by atoms with E-state index in [1.54, 1.807) is 24.3 Å². The number of rotatable bonds is 2. The number of fused-ring (bicyclic) bond motifs is 1. The predicted molar refractivity (Wildman–Crippen MR) is 73.9 cm³/mol. The summed E-state index contributed by atoms with van der Waals surface area (Å²) < 4.78 is 9.98. The van der Waals surface area contributed by atoms with E-state index in [0.717, 1.165) is 10.9 Å². The Balaban J connectivity index is 1.97. The standard InChI is InChI=1S/C15H11NO4/c1-9-6-14(17)20-13-7-11(2-3-12(9)13)16-15(18)10-4-5-19-8-10/h2-8H,1H3,(H,16,18). The zero-order valence-corrected chi connectivity index (χ0v) is 10.7. The number of carbonyl (C=O) groups is 1. The van der Waals surface area contributed by atoms with Gasteiger partial charge < -0.3 is 14.2 Å². The summed E-state index contributed by atoms with van der Waals surface area (Å²) in [6.45, 7) is 1.84. The lowest BCUT2D eigenvalue weighted by Crippen LogP contribution is -2.10. The first-order chi connectivity index (χ1) is 9.63. The zero-order valence-electron chi connectivity index (χ0n) is 10.7. The maximum absolute atomic E-state index is 11.9. The fraction of sp³-hybridized carbons (Fsp3) is 0.0667. The number of benzene rings is 1. The number of aryl methyl sites for hydroxylation is 1. The van der Waals surface area contributed by atoms with Crippen LogP contribution in [0.3, 0.4) is 0 Å². The molecule has 0 aliphatic carbocycles. The Morgan fingerprint density at radius 3 is 2.80 bits per heavy atom. The molecule has 5 nitrogen and oxygen atoms in total. The molecule has 1 amide bonds. The van der Waals surface area contributed by atoms with Crippen molar-refractivity contribution < 1.29 is 13.6 Å². The molecule has 100 valence electrons. The molecule has 0 saturated carbocycles. The lowest BCUT2D eigenvalue weighted by atomic mass is 10.1. The number of carbonyl (C=O) groups excluding carboxylic acids is 1. The van der Waals surface area contributed by atoms with Crippen LogP contribution in [-0.2, 0) is 0 Å². The average Bonchev–Trinajstić information content (AvgIpc) is 2.91. The number of hydrogen-bond donors (Lipinski definition) is 1. The van der Waals surface area contributed by atoms with Crippen LogP contribution in [0.15, 0.2) is 56.5 Å². The van der Waals surface area contributed by atoms with Gasteiger partial charge in [0.1, 0.15) is 11.8 Å². The molecule has 0 aliphatic heterocycles. The van der Waals surface area contributed by atoms with Gasteiger partial charge in [0, 0.05) is 23.2 Å². The molecule has 0 radical (unpaired) electrons. The monoisotopic (exact) mass is 269 g/mol. The van der Waals surface area contributed by atoms with Crippen molar-refractivity contribution in [1.29, 1.82) is 0 Å². The molecule has 5 heteroatoms. The molecular formula is C15H11NO4. The van der Waals surface area contributed by atoms with E-state index < -0.39 is 5.63 Å². The fourth-order valence-corrected chi connectivity index (χ4v) is 2.00. The minimum Gasteiger partial charge on any atom is -0.472 e. The van der Waals surface area contributed by atoms with E-state index >= 15 is 0 Å². The summed E-state index contributed by atoms with van der Waals surface area (Å²) in [6, 6.07) is 8.19. The molecule has 2 heterocycles. The molecule has 0 unspecified atom stereocenters. The van der Waals surface area contributed by atoms with E-state index in [1.165, 1.54) is 18.6 Å². The third kappa shape index (κ3) is 2.21. The van der Waals surface area contributed by atoms with Crippen molar-refractivity contribution in [3.05, 3.63) is 64.4 Å². The Morgan fingerprint density at radius 2 is 2.05 bits per heavy atom. The molecule has 2 aromatic heterocycles. The fourth-order valence-electron chi connectivity index (χ4n) is 2.00. The Kier molecular flexibility index (Phi) is 2.87. The average molecular weight is 269 g/mol. The minimum absolute atomic E-state index is 0.284. The Labute approximate surface area is 113 Å². The second kappa shape index (κ2) is 4.70. The topological polar surface area (TPSA) is 72.5 Å². The summed E-state index contributed by atoms with van der Waals surface area (Å²) in [4.78, 5) is 23.2. The van der Waals surface area contributed by atoms with Gasteiger partial charge in [-0.2, -0.15) is 0 Å². The van der Waals surface area contributed by atoms with Gasteiger partial charge in [-0.15, -0.1) is 0 Å². The van der Waals surface area contributed by atoms with Gasteiger partial charge in [-0.05, 0) is 30.7 Å². The van der Waals surface area contributed by atoms with E-state index in [0.29, 0.717) is 16.8 Å². The van der Waals surface area contributed by atoms with Gasteiger partial charge in [-0.1, -0.05) is 0 Å². The van der Waals surface area contributed by atoms with Gasteiger partial charge in [0.25, 0.3) is 5.91 Å². The van der Waals surface area contributed by atoms with Crippen molar-refractivity contribution in [3.63, 3.8) is 0 Å². The lowest BCUT2D eigenvalue weighted by Gasteiger charge is -2.05. The highest BCUT2D eigenvalue weighted by atomic mass is 16.4. The molecule has 0 atom stereocenters. The SMILES string of the molecule is Cc1cc(=O)oc2cc(NC(=O)c3ccoc3)ccc12. The lowest BCUT2D eigenvalue weighted by molar-refractivity contribution is 0.102. The molecule has 1 aromatic carbocycles. The van der Waals surface area contributed by atoms with Crippen LogP contribution in [0.2, 0.25) is 0 Å². The first-order valence-electron chi connectivity index (χ1n) is 6.01. The van der Waals surface area contributed by atoms with Crippen molar-refractivity contribution in [3.8, 4) is 0 Å². The van der Waals surface area contributed by atoms with Crippen LogP contribution in [0.1, 0.15) is 15.9 Å². The van der Waals surface area contributed by atoms with Crippen molar-refractivity contribution in [2.45, 2.75) is 6.92 Å². The van der Waals surface area contributed by atoms with Crippen LogP contribution in [0.4, 0.5) is 5.69 Å². The highest BCUT2D eigenvalue weighted by molar-refractivity contribution is 6.04. The van der Waals surface area contributed by atoms with Gasteiger partial charge in [0.05, 0.1) is 11.8 Å². The van der Waals surface area contributed by atoms with Crippen LogP contribution in [0.25, 0.3) is 11.0 Å². The minimum atomic E-state index is -0.409. The van der Waals surface area contributed by atoms with Gasteiger partial charge in [0.15, 0.2) is 0 Å². The predicted octanol–water partition coefficient (Wildman–Crippen LogP) is 2.95. The second-order valence-corrected chi connectivity index (χ2v) is 4.43. The smallest absolute Gasteiger partial charge is 0.336 e. The summed E-state index contributed by atoms with van der Waals surface area (Å²) >= 11 is 0. The van der Waals surface area contributed by atoms with E-state index in [1.807, 2.05) is 6.92 Å². The molecular weight excluding hydrogens is 258 g/mol. The molecule has 0 aliphatic rings. The molecule has 1 N–H and O–H groups in total. The van der Waals surface area contributed by atoms with Crippen LogP contribution in [0, 0.1) is 6.92 Å². The third-order valence-electron chi connectivity index (χ3n) is 2.99. The van der Waals surface area contributed by atoms with E-state index in [2.05, 4.69) is 5.32 Å². The zero-order chi connectivity index (χ0) is 14.1. The van der Waals surface area contributed by atoms with Crippen molar-refractivity contribution >= 4 is 22.6 Å². The largest absolute Gasteiger partial charge is 0.472 e. The highest BCUT2D eigenvalue weighted by Gasteiger charge is 2.09. The summed E-state index contributed by atoms with van der Waals surface area (Å²) in [6.07, 6.45) is 2.79. The van der Waals surface area contributed by atoms with Gasteiger partial charge in [-0.25, -0.2) is 4.79 Å². The normalized spacial score (nSPS) is 10.7. The molecule has 0 fully saturated rings. The molecule has 0 bridgehead atoms. The van der Waals surface area contributed by atoms with E-state index in [-0.39, 0.29) is 5.91 Å². The summed E-state index contributed by atoms with van der Waals surface area (Å²) in [7, 11) is 0. The number of nitrogens with one attached hydrogen (secondary N) is 1. The molecule has 20 heavy (non-hydrogen) atoms. The molecule has 3 aromatic rings. The first-order valence-corrected chi connectivity index (χ1v) is 6.01. The second-order valence-electron chi connectivity index (χ2n) is 4.43. The van der Waals surface area contributed by atoms with Gasteiger partial charge >= 0.3 is 5.63 Å². The molecule has 0 spiro atoms. The van der Waals surface area contributed by atoms with Crippen LogP contribution in [-0.4, -0.2) is 5.91 Å². The number of furan rings is 1. The van der Waals surface area contributed by atoms with Gasteiger partial charge in [-0.3, -0.25) is 4.79 Å². The number of anilines is 1. The highest BCUT2D eigenvalue weighted by Crippen LogP contribution is 2.21. The summed E-state index contributed by atoms with van der Waals surface area (Å²) in [5.74, 6) is -0.284. The maximum Gasteiger partial charge on any atom is 0.336 e. The van der Waals surface area contributed by atoms with Gasteiger partial charge in [0.2, 0.25) is 0 Å². The van der Waals surface area contributed by atoms with Crippen molar-refractivity contribution in [1.82, 2.24) is 0 Å². The maximum atomic E-state index is 11.9. The van der Waals surface area contributed by atoms with Crippen LogP contribution < -0.4 is 10.9 Å². The van der Waals surface area contributed by atoms with E-state index in [4.69, 9.17) is 8.83 Å². The third-order valence-corrected chi connectivity index (χ3v) is 2.99. The van der Waals surface area contributed by atoms with Crippen LogP contribution >= 0.6 is 0 Å². The molecule has 0 saturated heterocycles. The van der Waals surface area contributed by atoms with E-state index in [9.17, 15) is 9.59 Å². The summed E-state index contributed by atoms with van der Waals surface area (Å²) in [5.41, 5.74) is 1.85. The van der Waals surface area contributed by atoms with Crippen molar-refractivity contribution in [2.75, 3.05) is 5.32 Å². The summed E-state index contributed by atoms with van der Waals surface area (Å²) in [5, 5.41) is 3.55.